The quantitative estimate of drug-likeness (QED) is 0.619. The van der Waals surface area contributed by atoms with E-state index in [-0.39, 0.29) is 12.1 Å². The van der Waals surface area contributed by atoms with Crippen molar-refractivity contribution in [1.29, 1.82) is 0 Å². The highest BCUT2D eigenvalue weighted by Gasteiger charge is 2.24. The zero-order valence-corrected chi connectivity index (χ0v) is 11.5. The second-order valence-electron chi connectivity index (χ2n) is 4.76. The maximum Gasteiger partial charge on any atom is 0.410 e. The fourth-order valence-corrected chi connectivity index (χ4v) is 2.25. The van der Waals surface area contributed by atoms with E-state index in [1.165, 1.54) is 0 Å². The van der Waals surface area contributed by atoms with Gasteiger partial charge < -0.3 is 9.64 Å². The lowest BCUT2D eigenvalue weighted by atomic mass is 10.1. The molecule has 0 spiro atoms. The summed E-state index contributed by atoms with van der Waals surface area (Å²) in [7, 11) is 0. The third kappa shape index (κ3) is 3.89. The van der Waals surface area contributed by atoms with Gasteiger partial charge in [-0.3, -0.25) is 0 Å². The van der Waals surface area contributed by atoms with E-state index in [2.05, 4.69) is 12.0 Å². The number of nitrogens with zero attached hydrogens (tertiary/aromatic N) is 1. The number of benzene rings is 1. The Morgan fingerprint density at radius 3 is 2.95 bits per heavy atom. The second kappa shape index (κ2) is 7.40. The summed E-state index contributed by atoms with van der Waals surface area (Å²) >= 11 is 0. The van der Waals surface area contributed by atoms with Crippen LogP contribution in [0, 0.1) is 12.3 Å². The minimum Gasteiger partial charge on any atom is -0.445 e. The predicted octanol–water partition coefficient (Wildman–Crippen LogP) is 3.37. The van der Waals surface area contributed by atoms with Crippen molar-refractivity contribution in [3.05, 3.63) is 48.0 Å². The Balaban J connectivity index is 1.90. The Bertz CT molecular complexity index is 501. The molecular formula is C17H19NO2. The Hall–Kier alpha value is -2.21. The molecule has 1 aromatic rings. The van der Waals surface area contributed by atoms with Crippen molar-refractivity contribution in [2.75, 3.05) is 6.54 Å². The summed E-state index contributed by atoms with van der Waals surface area (Å²) in [6.07, 6.45) is 11.5. The number of terminal acetylenes is 1. The first-order valence-corrected chi connectivity index (χ1v) is 6.88. The maximum absolute atomic E-state index is 12.2. The van der Waals surface area contributed by atoms with E-state index in [0.717, 1.165) is 18.4 Å². The molecule has 1 aliphatic rings. The third-order valence-corrected chi connectivity index (χ3v) is 3.32. The normalized spacial score (nSPS) is 17.6. The van der Waals surface area contributed by atoms with E-state index in [4.69, 9.17) is 11.2 Å². The lowest BCUT2D eigenvalue weighted by Gasteiger charge is -2.31. The standard InChI is InChI=1S/C17H19NO2/c1-2-3-11-16-12-7-8-13-18(16)17(19)20-14-15-9-5-4-6-10-15/h1,4-7,9-10,12,16H,3,8,11,13-14H2. The fraction of sp³-hybridized carbons (Fsp3) is 0.353. The van der Waals surface area contributed by atoms with Crippen molar-refractivity contribution < 1.29 is 9.53 Å². The van der Waals surface area contributed by atoms with Crippen LogP contribution in [-0.2, 0) is 11.3 Å². The zero-order valence-electron chi connectivity index (χ0n) is 11.5. The Morgan fingerprint density at radius 2 is 2.20 bits per heavy atom. The van der Waals surface area contributed by atoms with Gasteiger partial charge in [-0.15, -0.1) is 12.3 Å². The summed E-state index contributed by atoms with van der Waals surface area (Å²) in [4.78, 5) is 13.9. The van der Waals surface area contributed by atoms with Crippen LogP contribution in [0.15, 0.2) is 42.5 Å². The number of rotatable bonds is 4. The Kier molecular flexibility index (Phi) is 5.25. The molecule has 20 heavy (non-hydrogen) atoms. The lowest BCUT2D eigenvalue weighted by molar-refractivity contribution is 0.0849. The zero-order chi connectivity index (χ0) is 14.2. The number of carbonyl (C=O) groups is 1. The molecule has 0 fully saturated rings. The number of hydrogen-bond donors (Lipinski definition) is 0. The van der Waals surface area contributed by atoms with E-state index >= 15 is 0 Å². The van der Waals surface area contributed by atoms with Crippen LogP contribution in [0.4, 0.5) is 4.79 Å². The van der Waals surface area contributed by atoms with Crippen molar-refractivity contribution in [2.24, 2.45) is 0 Å². The molecule has 0 aliphatic carbocycles. The minimum atomic E-state index is -0.264. The first-order chi connectivity index (χ1) is 9.81. The van der Waals surface area contributed by atoms with Crippen LogP contribution in [-0.4, -0.2) is 23.6 Å². The van der Waals surface area contributed by atoms with Crippen LogP contribution in [0.5, 0.6) is 0 Å². The van der Waals surface area contributed by atoms with Crippen molar-refractivity contribution in [3.63, 3.8) is 0 Å². The molecule has 1 atom stereocenters. The van der Waals surface area contributed by atoms with Crippen LogP contribution in [0.3, 0.4) is 0 Å². The van der Waals surface area contributed by atoms with Crippen LogP contribution in [0.2, 0.25) is 0 Å². The van der Waals surface area contributed by atoms with Crippen molar-refractivity contribution in [1.82, 2.24) is 4.90 Å². The van der Waals surface area contributed by atoms with Gasteiger partial charge in [-0.1, -0.05) is 42.5 Å². The SMILES string of the molecule is C#CCCC1C=CCCN1C(=O)OCc1ccccc1. The van der Waals surface area contributed by atoms with Gasteiger partial charge in [-0.2, -0.15) is 0 Å². The maximum atomic E-state index is 12.2. The summed E-state index contributed by atoms with van der Waals surface area (Å²) in [5.74, 6) is 2.62. The van der Waals surface area contributed by atoms with Gasteiger partial charge in [0.2, 0.25) is 0 Å². The monoisotopic (exact) mass is 269 g/mol. The van der Waals surface area contributed by atoms with E-state index < -0.39 is 0 Å². The second-order valence-corrected chi connectivity index (χ2v) is 4.76. The lowest BCUT2D eigenvalue weighted by Crippen LogP contribution is -2.41. The van der Waals surface area contributed by atoms with Gasteiger partial charge in [0.1, 0.15) is 6.61 Å². The van der Waals surface area contributed by atoms with E-state index in [9.17, 15) is 4.79 Å². The summed E-state index contributed by atoms with van der Waals surface area (Å²) in [6.45, 7) is 1.00. The molecule has 1 aromatic carbocycles. The van der Waals surface area contributed by atoms with Crippen molar-refractivity contribution in [2.45, 2.75) is 31.9 Å². The highest BCUT2D eigenvalue weighted by atomic mass is 16.6. The summed E-state index contributed by atoms with van der Waals surface area (Å²) in [6, 6.07) is 9.75. The summed E-state index contributed by atoms with van der Waals surface area (Å²) in [5.41, 5.74) is 0.994. The molecule has 0 bridgehead atoms. The fourth-order valence-electron chi connectivity index (χ4n) is 2.25. The molecule has 0 saturated carbocycles. The molecule has 0 radical (unpaired) electrons. The van der Waals surface area contributed by atoms with Gasteiger partial charge in [-0.05, 0) is 18.4 Å². The predicted molar refractivity (Wildman–Crippen MR) is 78.9 cm³/mol. The molecule has 1 heterocycles. The Labute approximate surface area is 120 Å². The van der Waals surface area contributed by atoms with Gasteiger partial charge in [-0.25, -0.2) is 4.79 Å². The van der Waals surface area contributed by atoms with Gasteiger partial charge >= 0.3 is 6.09 Å². The molecule has 0 saturated heterocycles. The van der Waals surface area contributed by atoms with Gasteiger partial charge in [0.15, 0.2) is 0 Å². The number of ether oxygens (including phenoxy) is 1. The molecule has 3 nitrogen and oxygen atoms in total. The number of hydrogen-bond acceptors (Lipinski definition) is 2. The topological polar surface area (TPSA) is 29.5 Å². The molecule has 104 valence electrons. The molecular weight excluding hydrogens is 250 g/mol. The smallest absolute Gasteiger partial charge is 0.410 e. The average molecular weight is 269 g/mol. The number of carbonyl (C=O) groups excluding carboxylic acids is 1. The Morgan fingerprint density at radius 1 is 1.40 bits per heavy atom. The summed E-state index contributed by atoms with van der Waals surface area (Å²) in [5, 5.41) is 0. The van der Waals surface area contributed by atoms with Gasteiger partial charge in [0, 0.05) is 13.0 Å². The van der Waals surface area contributed by atoms with Crippen LogP contribution in [0.25, 0.3) is 0 Å². The molecule has 0 aromatic heterocycles. The highest BCUT2D eigenvalue weighted by Crippen LogP contribution is 2.16. The average Bonchev–Trinajstić information content (AvgIpc) is 2.52. The van der Waals surface area contributed by atoms with Gasteiger partial charge in [0.25, 0.3) is 0 Å². The molecule has 1 unspecified atom stereocenters. The van der Waals surface area contributed by atoms with Crippen LogP contribution in [0.1, 0.15) is 24.8 Å². The van der Waals surface area contributed by atoms with Gasteiger partial charge in [0.05, 0.1) is 6.04 Å². The highest BCUT2D eigenvalue weighted by molar-refractivity contribution is 5.68. The first-order valence-electron chi connectivity index (χ1n) is 6.88. The van der Waals surface area contributed by atoms with Crippen LogP contribution >= 0.6 is 0 Å². The molecule has 1 amide bonds. The molecule has 2 rings (SSSR count). The largest absolute Gasteiger partial charge is 0.445 e. The van der Waals surface area contributed by atoms with Crippen molar-refractivity contribution >= 4 is 6.09 Å². The molecule has 0 N–H and O–H groups in total. The molecule has 3 heteroatoms. The van der Waals surface area contributed by atoms with Crippen LogP contribution < -0.4 is 0 Å². The van der Waals surface area contributed by atoms with E-state index in [1.54, 1.807) is 4.90 Å². The van der Waals surface area contributed by atoms with E-state index in [0.29, 0.717) is 19.6 Å². The van der Waals surface area contributed by atoms with E-state index in [1.807, 2.05) is 36.4 Å². The van der Waals surface area contributed by atoms with Crippen molar-refractivity contribution in [3.8, 4) is 12.3 Å². The number of amides is 1. The summed E-state index contributed by atoms with van der Waals surface area (Å²) < 4.78 is 5.38. The molecule has 1 aliphatic heterocycles. The minimum absolute atomic E-state index is 0.0584. The third-order valence-electron chi connectivity index (χ3n) is 3.32. The first kappa shape index (κ1) is 14.2.